The van der Waals surface area contributed by atoms with E-state index in [1.165, 1.54) is 0 Å². The molecular weight excluding hydrogens is 324 g/mol. The van der Waals surface area contributed by atoms with Crippen molar-refractivity contribution in [3.63, 3.8) is 0 Å². The summed E-state index contributed by atoms with van der Waals surface area (Å²) in [5.74, 6) is 0.314. The molecule has 0 fully saturated rings. The van der Waals surface area contributed by atoms with E-state index in [1.54, 1.807) is 28.8 Å². The minimum atomic E-state index is -0.424. The summed E-state index contributed by atoms with van der Waals surface area (Å²) in [5, 5.41) is 4.96. The average Bonchev–Trinajstić information content (AvgIpc) is 3.21. The van der Waals surface area contributed by atoms with Gasteiger partial charge in [0, 0.05) is 17.5 Å². The number of carbonyl (C=O) groups is 2. The molecule has 0 saturated carbocycles. The number of amides is 2. The molecule has 0 unspecified atom stereocenters. The fourth-order valence-electron chi connectivity index (χ4n) is 2.87. The molecule has 1 aliphatic heterocycles. The molecule has 7 heteroatoms. The van der Waals surface area contributed by atoms with E-state index in [4.69, 9.17) is 0 Å². The zero-order valence-electron chi connectivity index (χ0n) is 13.9. The van der Waals surface area contributed by atoms with E-state index in [9.17, 15) is 9.59 Å². The molecule has 3 rings (SSSR count). The number of rotatable bonds is 5. The molecule has 24 heavy (non-hydrogen) atoms. The van der Waals surface area contributed by atoms with Crippen LogP contribution in [0, 0.1) is 5.92 Å². The van der Waals surface area contributed by atoms with Crippen LogP contribution in [-0.2, 0) is 22.7 Å². The van der Waals surface area contributed by atoms with Crippen molar-refractivity contribution in [3.8, 4) is 0 Å². The Morgan fingerprint density at radius 1 is 1.46 bits per heavy atom. The molecule has 2 aromatic heterocycles. The Morgan fingerprint density at radius 2 is 2.29 bits per heavy atom. The summed E-state index contributed by atoms with van der Waals surface area (Å²) >= 11 is 1.61. The zero-order chi connectivity index (χ0) is 17.1. The molecule has 128 valence electrons. The summed E-state index contributed by atoms with van der Waals surface area (Å²) in [6.07, 6.45) is 3.90. The van der Waals surface area contributed by atoms with Crippen molar-refractivity contribution in [2.45, 2.75) is 39.4 Å². The predicted octanol–water partition coefficient (Wildman–Crippen LogP) is 2.19. The summed E-state index contributed by atoms with van der Waals surface area (Å²) < 4.78 is 1.88. The van der Waals surface area contributed by atoms with Crippen molar-refractivity contribution in [1.82, 2.24) is 19.8 Å². The molecule has 0 aliphatic carbocycles. The van der Waals surface area contributed by atoms with Gasteiger partial charge in [-0.05, 0) is 17.4 Å². The van der Waals surface area contributed by atoms with Crippen molar-refractivity contribution in [2.24, 2.45) is 5.92 Å². The van der Waals surface area contributed by atoms with Crippen molar-refractivity contribution < 1.29 is 9.59 Å². The maximum absolute atomic E-state index is 12.7. The Balaban J connectivity index is 1.71. The van der Waals surface area contributed by atoms with Gasteiger partial charge in [0.25, 0.3) is 0 Å². The van der Waals surface area contributed by atoms with Gasteiger partial charge in [-0.3, -0.25) is 9.59 Å². The Hall–Kier alpha value is -2.15. The number of fused-ring (bicyclic) bond motifs is 1. The minimum absolute atomic E-state index is 0.0790. The van der Waals surface area contributed by atoms with E-state index in [0.717, 1.165) is 10.6 Å². The molecule has 0 spiro atoms. The largest absolute Gasteiger partial charge is 0.349 e. The molecular formula is C17H22N4O2S. The molecule has 2 amide bonds. The molecule has 3 heterocycles. The van der Waals surface area contributed by atoms with Gasteiger partial charge in [0.1, 0.15) is 6.04 Å². The second-order valence-corrected chi connectivity index (χ2v) is 7.51. The molecule has 1 aliphatic rings. The van der Waals surface area contributed by atoms with Crippen LogP contribution in [0.4, 0.5) is 0 Å². The Bertz CT molecular complexity index is 708. The van der Waals surface area contributed by atoms with Crippen LogP contribution in [0.15, 0.2) is 30.0 Å². The highest BCUT2D eigenvalue weighted by Crippen LogP contribution is 2.22. The predicted molar refractivity (Wildman–Crippen MR) is 92.3 cm³/mol. The number of aromatic nitrogens is 2. The normalized spacial score (nSPS) is 17.0. The van der Waals surface area contributed by atoms with Crippen molar-refractivity contribution in [1.29, 1.82) is 0 Å². The van der Waals surface area contributed by atoms with Crippen LogP contribution < -0.4 is 5.32 Å². The van der Waals surface area contributed by atoms with Gasteiger partial charge in [-0.2, -0.15) is 0 Å². The standard InChI is InChI=1S/C17H22N4O2S/c1-12(2)6-16(22)20-9-13-7-18-11-21(13)15(10-20)17(23)19-8-14-4-3-5-24-14/h3-5,7,11-12,15H,6,8-10H2,1-2H3,(H,19,23)/t15-/m1/s1. The van der Waals surface area contributed by atoms with Gasteiger partial charge in [-0.25, -0.2) is 4.98 Å². The van der Waals surface area contributed by atoms with E-state index >= 15 is 0 Å². The van der Waals surface area contributed by atoms with Crippen molar-refractivity contribution in [3.05, 3.63) is 40.6 Å². The van der Waals surface area contributed by atoms with Gasteiger partial charge in [0.05, 0.1) is 31.7 Å². The Kier molecular flexibility index (Phi) is 4.99. The van der Waals surface area contributed by atoms with E-state index < -0.39 is 6.04 Å². The number of thiophene rings is 1. The first-order valence-corrected chi connectivity index (χ1v) is 9.01. The summed E-state index contributed by atoms with van der Waals surface area (Å²) in [4.78, 5) is 32.1. The fraction of sp³-hybridized carbons (Fsp3) is 0.471. The SMILES string of the molecule is CC(C)CC(=O)N1Cc2cncn2[C@@H](C(=O)NCc2cccs2)C1. The van der Waals surface area contributed by atoms with E-state index in [1.807, 2.05) is 35.9 Å². The summed E-state index contributed by atoms with van der Waals surface area (Å²) in [6, 6.07) is 3.53. The molecule has 0 radical (unpaired) electrons. The van der Waals surface area contributed by atoms with Crippen molar-refractivity contribution in [2.75, 3.05) is 6.54 Å². The average molecular weight is 346 g/mol. The third-order valence-corrected chi connectivity index (χ3v) is 4.96. The monoisotopic (exact) mass is 346 g/mol. The molecule has 2 aromatic rings. The summed E-state index contributed by atoms with van der Waals surface area (Å²) in [6.45, 7) is 5.47. The third-order valence-electron chi connectivity index (χ3n) is 4.08. The lowest BCUT2D eigenvalue weighted by molar-refractivity contribution is -0.136. The molecule has 0 saturated heterocycles. The first-order valence-electron chi connectivity index (χ1n) is 8.13. The number of hydrogen-bond donors (Lipinski definition) is 1. The van der Waals surface area contributed by atoms with Gasteiger partial charge in [-0.1, -0.05) is 19.9 Å². The highest BCUT2D eigenvalue weighted by atomic mass is 32.1. The highest BCUT2D eigenvalue weighted by molar-refractivity contribution is 7.09. The fourth-order valence-corrected chi connectivity index (χ4v) is 3.52. The number of imidazole rings is 1. The van der Waals surface area contributed by atoms with Crippen LogP contribution >= 0.6 is 11.3 Å². The zero-order valence-corrected chi connectivity index (χ0v) is 14.8. The lowest BCUT2D eigenvalue weighted by Gasteiger charge is -2.34. The number of hydrogen-bond acceptors (Lipinski definition) is 4. The second-order valence-electron chi connectivity index (χ2n) is 6.48. The summed E-state index contributed by atoms with van der Waals surface area (Å²) in [7, 11) is 0. The summed E-state index contributed by atoms with van der Waals surface area (Å²) in [5.41, 5.74) is 0.898. The van der Waals surface area contributed by atoms with Crippen LogP contribution in [0.5, 0.6) is 0 Å². The molecule has 0 aromatic carbocycles. The quantitative estimate of drug-likeness (QED) is 0.902. The van der Waals surface area contributed by atoms with E-state index in [0.29, 0.717) is 32.0 Å². The maximum Gasteiger partial charge on any atom is 0.245 e. The van der Waals surface area contributed by atoms with Crippen LogP contribution in [0.2, 0.25) is 0 Å². The Morgan fingerprint density at radius 3 is 3.00 bits per heavy atom. The van der Waals surface area contributed by atoms with Crippen LogP contribution in [0.25, 0.3) is 0 Å². The van der Waals surface area contributed by atoms with Crippen LogP contribution in [0.3, 0.4) is 0 Å². The van der Waals surface area contributed by atoms with Gasteiger partial charge in [0.2, 0.25) is 11.8 Å². The first-order chi connectivity index (χ1) is 11.5. The minimum Gasteiger partial charge on any atom is -0.349 e. The van der Waals surface area contributed by atoms with E-state index in [-0.39, 0.29) is 11.8 Å². The van der Waals surface area contributed by atoms with Gasteiger partial charge >= 0.3 is 0 Å². The smallest absolute Gasteiger partial charge is 0.245 e. The second kappa shape index (κ2) is 7.17. The topological polar surface area (TPSA) is 67.2 Å². The van der Waals surface area contributed by atoms with Gasteiger partial charge in [-0.15, -0.1) is 11.3 Å². The van der Waals surface area contributed by atoms with Crippen LogP contribution in [-0.4, -0.2) is 32.8 Å². The lowest BCUT2D eigenvalue weighted by atomic mass is 10.1. The van der Waals surface area contributed by atoms with E-state index in [2.05, 4.69) is 10.3 Å². The highest BCUT2D eigenvalue weighted by Gasteiger charge is 2.32. The number of nitrogens with one attached hydrogen (secondary N) is 1. The lowest BCUT2D eigenvalue weighted by Crippen LogP contribution is -2.46. The van der Waals surface area contributed by atoms with Gasteiger partial charge < -0.3 is 14.8 Å². The number of carbonyl (C=O) groups excluding carboxylic acids is 2. The molecule has 0 bridgehead atoms. The molecule has 6 nitrogen and oxygen atoms in total. The molecule has 1 atom stereocenters. The van der Waals surface area contributed by atoms with Gasteiger partial charge in [0.15, 0.2) is 0 Å². The maximum atomic E-state index is 12.7. The van der Waals surface area contributed by atoms with Crippen molar-refractivity contribution >= 4 is 23.2 Å². The molecule has 1 N–H and O–H groups in total. The number of nitrogens with zero attached hydrogens (tertiary/aromatic N) is 3. The van der Waals surface area contributed by atoms with Crippen LogP contribution in [0.1, 0.15) is 36.9 Å². The first kappa shape index (κ1) is 16.7. The Labute approximate surface area is 145 Å². The third kappa shape index (κ3) is 3.67.